The Labute approximate surface area is 179 Å². The van der Waals surface area contributed by atoms with Gasteiger partial charge in [0.2, 0.25) is 5.91 Å². The van der Waals surface area contributed by atoms with E-state index in [1.165, 1.54) is 9.13 Å². The molecule has 0 saturated carbocycles. The molecule has 1 aromatic heterocycles. The smallest absolute Gasteiger partial charge is 0.325 e. The van der Waals surface area contributed by atoms with E-state index in [-0.39, 0.29) is 24.6 Å². The van der Waals surface area contributed by atoms with E-state index >= 15 is 0 Å². The molecule has 0 aliphatic carbocycles. The van der Waals surface area contributed by atoms with Crippen LogP contribution in [0.15, 0.2) is 82.4 Å². The minimum atomic E-state index is -0.510. The maximum atomic E-state index is 13.3. The van der Waals surface area contributed by atoms with Gasteiger partial charge in [0.1, 0.15) is 6.54 Å². The first-order valence-corrected chi connectivity index (χ1v) is 10.1. The van der Waals surface area contributed by atoms with Gasteiger partial charge in [-0.3, -0.25) is 18.7 Å². The lowest BCUT2D eigenvalue weighted by molar-refractivity contribution is -0.116. The van der Waals surface area contributed by atoms with Gasteiger partial charge in [0.05, 0.1) is 17.4 Å². The van der Waals surface area contributed by atoms with Crippen LogP contribution in [0.4, 0.5) is 5.69 Å². The number of amides is 1. The van der Waals surface area contributed by atoms with Crippen molar-refractivity contribution in [3.63, 3.8) is 0 Å². The zero-order valence-electron chi connectivity index (χ0n) is 17.5. The number of fused-ring (bicyclic) bond motifs is 1. The van der Waals surface area contributed by atoms with Gasteiger partial charge in [-0.05, 0) is 49.2 Å². The monoisotopic (exact) mass is 413 g/mol. The van der Waals surface area contributed by atoms with Gasteiger partial charge in [0.25, 0.3) is 5.56 Å². The molecule has 6 heteroatoms. The van der Waals surface area contributed by atoms with Crippen molar-refractivity contribution in [1.29, 1.82) is 0 Å². The van der Waals surface area contributed by atoms with Crippen LogP contribution < -0.4 is 16.6 Å². The van der Waals surface area contributed by atoms with E-state index in [4.69, 9.17) is 0 Å². The van der Waals surface area contributed by atoms with E-state index in [2.05, 4.69) is 5.32 Å². The highest BCUT2D eigenvalue weighted by Gasteiger charge is 2.16. The summed E-state index contributed by atoms with van der Waals surface area (Å²) in [5.74, 6) is -0.334. The summed E-state index contributed by atoms with van der Waals surface area (Å²) in [6.45, 7) is 3.78. The summed E-state index contributed by atoms with van der Waals surface area (Å²) < 4.78 is 2.56. The molecule has 0 unspecified atom stereocenters. The topological polar surface area (TPSA) is 73.1 Å². The lowest BCUT2D eigenvalue weighted by atomic mass is 10.1. The van der Waals surface area contributed by atoms with Gasteiger partial charge in [-0.2, -0.15) is 0 Å². The first kappa shape index (κ1) is 20.3. The fourth-order valence-electron chi connectivity index (χ4n) is 3.66. The second-order valence-corrected chi connectivity index (χ2v) is 7.68. The summed E-state index contributed by atoms with van der Waals surface area (Å²) in [5.41, 5.74) is 3.01. The Balaban J connectivity index is 1.79. The maximum Gasteiger partial charge on any atom is 0.332 e. The molecule has 0 bridgehead atoms. The molecule has 156 valence electrons. The summed E-state index contributed by atoms with van der Waals surface area (Å²) in [5, 5.41) is 3.25. The van der Waals surface area contributed by atoms with Gasteiger partial charge < -0.3 is 5.32 Å². The van der Waals surface area contributed by atoms with E-state index in [1.54, 1.807) is 18.2 Å². The van der Waals surface area contributed by atoms with Crippen LogP contribution >= 0.6 is 0 Å². The van der Waals surface area contributed by atoms with Crippen LogP contribution in [-0.4, -0.2) is 15.0 Å². The van der Waals surface area contributed by atoms with E-state index in [0.29, 0.717) is 16.6 Å². The van der Waals surface area contributed by atoms with Gasteiger partial charge in [0, 0.05) is 5.69 Å². The molecule has 3 aromatic carbocycles. The second-order valence-electron chi connectivity index (χ2n) is 7.68. The summed E-state index contributed by atoms with van der Waals surface area (Å²) in [4.78, 5) is 39.2. The Hall–Kier alpha value is -3.93. The maximum absolute atomic E-state index is 13.3. The number of anilines is 1. The minimum absolute atomic E-state index is 0.141. The quantitative estimate of drug-likeness (QED) is 0.545. The highest BCUT2D eigenvalue weighted by Crippen LogP contribution is 2.13. The molecule has 6 nitrogen and oxygen atoms in total. The molecular weight excluding hydrogens is 390 g/mol. The Kier molecular flexibility index (Phi) is 5.54. The molecule has 0 aliphatic heterocycles. The molecule has 0 fully saturated rings. The molecule has 4 rings (SSSR count). The second kappa shape index (κ2) is 8.44. The van der Waals surface area contributed by atoms with E-state index < -0.39 is 5.69 Å². The average molecular weight is 413 g/mol. The average Bonchev–Trinajstić information content (AvgIpc) is 2.75. The molecule has 1 amide bonds. The molecule has 0 aliphatic rings. The zero-order valence-corrected chi connectivity index (χ0v) is 17.5. The molecule has 31 heavy (non-hydrogen) atoms. The van der Waals surface area contributed by atoms with Gasteiger partial charge >= 0.3 is 5.69 Å². The van der Waals surface area contributed by atoms with Crippen LogP contribution in [0.2, 0.25) is 0 Å². The Bertz CT molecular complexity index is 1390. The number of hydrogen-bond acceptors (Lipinski definition) is 3. The number of nitrogens with one attached hydrogen (secondary N) is 1. The van der Waals surface area contributed by atoms with Crippen LogP contribution in [0.1, 0.15) is 16.7 Å². The minimum Gasteiger partial charge on any atom is -0.325 e. The predicted molar refractivity (Wildman–Crippen MR) is 123 cm³/mol. The van der Waals surface area contributed by atoms with Gasteiger partial charge in [0.15, 0.2) is 0 Å². The third kappa shape index (κ3) is 4.33. The summed E-state index contributed by atoms with van der Waals surface area (Å²) in [6, 6.07) is 22.1. The van der Waals surface area contributed by atoms with Crippen molar-refractivity contribution in [3.8, 4) is 0 Å². The molecule has 1 N–H and O–H groups in total. The first-order valence-electron chi connectivity index (χ1n) is 10.1. The number of hydrogen-bond donors (Lipinski definition) is 1. The van der Waals surface area contributed by atoms with Crippen LogP contribution in [0.5, 0.6) is 0 Å². The van der Waals surface area contributed by atoms with Crippen LogP contribution in [-0.2, 0) is 17.9 Å². The third-order valence-corrected chi connectivity index (χ3v) is 5.17. The van der Waals surface area contributed by atoms with Crippen LogP contribution in [0.25, 0.3) is 10.9 Å². The fourth-order valence-corrected chi connectivity index (χ4v) is 3.66. The molecule has 0 atom stereocenters. The lowest BCUT2D eigenvalue weighted by Crippen LogP contribution is -2.42. The number of rotatable bonds is 5. The summed E-state index contributed by atoms with van der Waals surface area (Å²) in [6.07, 6.45) is 0. The largest absolute Gasteiger partial charge is 0.332 e. The Morgan fingerprint density at radius 1 is 0.839 bits per heavy atom. The van der Waals surface area contributed by atoms with Crippen LogP contribution in [0, 0.1) is 13.8 Å². The Morgan fingerprint density at radius 3 is 2.32 bits per heavy atom. The van der Waals surface area contributed by atoms with Gasteiger partial charge in [-0.1, -0.05) is 54.1 Å². The predicted octanol–water partition coefficient (Wildman–Crippen LogP) is 3.47. The third-order valence-electron chi connectivity index (χ3n) is 5.17. The number of carbonyl (C=O) groups is 1. The van der Waals surface area contributed by atoms with Crippen LogP contribution in [0.3, 0.4) is 0 Å². The van der Waals surface area contributed by atoms with Gasteiger partial charge in [-0.25, -0.2) is 4.79 Å². The summed E-state index contributed by atoms with van der Waals surface area (Å²) in [7, 11) is 0. The summed E-state index contributed by atoms with van der Waals surface area (Å²) >= 11 is 0. The molecule has 4 aromatic rings. The number of nitrogens with zero attached hydrogens (tertiary/aromatic N) is 2. The SMILES string of the molecule is Cc1cccc(NC(=O)Cn2c(=O)n(Cc3ccccc3)c(=O)c3cc(C)ccc32)c1. The van der Waals surface area contributed by atoms with Crippen molar-refractivity contribution in [1.82, 2.24) is 9.13 Å². The molecular formula is C25H23N3O3. The van der Waals surface area contributed by atoms with Crippen molar-refractivity contribution in [2.75, 3.05) is 5.32 Å². The van der Waals surface area contributed by atoms with E-state index in [1.807, 2.05) is 68.4 Å². The normalized spacial score (nSPS) is 10.9. The standard InChI is InChI=1S/C25H23N3O3/c1-17-7-6-10-20(13-17)26-23(29)16-27-22-12-11-18(2)14-21(22)24(30)28(25(27)31)15-19-8-4-3-5-9-19/h3-14H,15-16H2,1-2H3,(H,26,29). The fraction of sp³-hybridized carbons (Fsp3) is 0.160. The van der Waals surface area contributed by atoms with Crippen molar-refractivity contribution >= 4 is 22.5 Å². The van der Waals surface area contributed by atoms with Crippen molar-refractivity contribution < 1.29 is 4.79 Å². The Morgan fingerprint density at radius 2 is 1.58 bits per heavy atom. The number of carbonyl (C=O) groups excluding carboxylic acids is 1. The molecule has 0 radical (unpaired) electrons. The van der Waals surface area contributed by atoms with Crippen molar-refractivity contribution in [2.24, 2.45) is 0 Å². The van der Waals surface area contributed by atoms with E-state index in [0.717, 1.165) is 16.7 Å². The van der Waals surface area contributed by atoms with E-state index in [9.17, 15) is 14.4 Å². The first-order chi connectivity index (χ1) is 14.9. The molecule has 0 saturated heterocycles. The molecule has 0 spiro atoms. The lowest BCUT2D eigenvalue weighted by Gasteiger charge is -2.15. The number of aromatic nitrogens is 2. The number of aryl methyl sites for hydroxylation is 2. The zero-order chi connectivity index (χ0) is 22.0. The van der Waals surface area contributed by atoms with Crippen molar-refractivity contribution in [3.05, 3.63) is 110 Å². The van der Waals surface area contributed by atoms with Gasteiger partial charge in [-0.15, -0.1) is 0 Å². The number of benzene rings is 3. The molecule has 1 heterocycles. The highest BCUT2D eigenvalue weighted by atomic mass is 16.2. The van der Waals surface area contributed by atoms with Crippen molar-refractivity contribution in [2.45, 2.75) is 26.9 Å². The highest BCUT2D eigenvalue weighted by molar-refractivity contribution is 5.91.